The Morgan fingerprint density at radius 1 is 1.25 bits per heavy atom. The number of hydrogen-bond donors (Lipinski definition) is 2. The van der Waals surface area contributed by atoms with Crippen LogP contribution in [0, 0.1) is 0 Å². The first-order valence-corrected chi connectivity index (χ1v) is 10.4. The molecule has 0 unspecified atom stereocenters. The Kier molecular flexibility index (Phi) is 5.62. The fourth-order valence-electron chi connectivity index (χ4n) is 3.64. The van der Waals surface area contributed by atoms with Crippen LogP contribution < -0.4 is 5.32 Å². The average molecular weight is 464 g/mol. The van der Waals surface area contributed by atoms with E-state index in [-0.39, 0.29) is 5.76 Å². The zero-order chi connectivity index (χ0) is 19.7. The molecule has 0 atom stereocenters. The Bertz CT molecular complexity index is 1010. The van der Waals surface area contributed by atoms with Gasteiger partial charge in [-0.1, -0.05) is 23.7 Å². The number of likely N-dealkylation sites (tertiary alicyclic amines) is 1. The van der Waals surface area contributed by atoms with Crippen molar-refractivity contribution >= 4 is 50.2 Å². The second-order valence-corrected chi connectivity index (χ2v) is 8.31. The van der Waals surface area contributed by atoms with E-state index in [4.69, 9.17) is 21.1 Å². The number of nitrogens with zero attached hydrogens (tertiary/aromatic N) is 1. The lowest BCUT2D eigenvalue weighted by Gasteiger charge is -2.33. The number of aromatic carboxylic acids is 1. The summed E-state index contributed by atoms with van der Waals surface area (Å²) in [7, 11) is 0. The van der Waals surface area contributed by atoms with Gasteiger partial charge >= 0.3 is 5.97 Å². The molecule has 1 saturated heterocycles. The van der Waals surface area contributed by atoms with Crippen molar-refractivity contribution in [1.82, 2.24) is 4.90 Å². The van der Waals surface area contributed by atoms with Crippen molar-refractivity contribution in [2.24, 2.45) is 0 Å². The van der Waals surface area contributed by atoms with Crippen LogP contribution in [0.4, 0.5) is 5.69 Å². The lowest BCUT2D eigenvalue weighted by atomic mass is 10.0. The molecular weight excluding hydrogens is 444 g/mol. The second kappa shape index (κ2) is 8.15. The lowest BCUT2D eigenvalue weighted by molar-refractivity contribution is 0.0665. The number of halogens is 2. The fourth-order valence-corrected chi connectivity index (χ4v) is 4.41. The van der Waals surface area contributed by atoms with Gasteiger partial charge in [-0.05, 0) is 58.6 Å². The predicted molar refractivity (Wildman–Crippen MR) is 114 cm³/mol. The van der Waals surface area contributed by atoms with Crippen molar-refractivity contribution in [3.05, 3.63) is 63.3 Å². The first-order valence-electron chi connectivity index (χ1n) is 9.18. The molecule has 28 heavy (non-hydrogen) atoms. The summed E-state index contributed by atoms with van der Waals surface area (Å²) in [5.74, 6) is -1.12. The third-order valence-electron chi connectivity index (χ3n) is 5.09. The molecule has 1 aliphatic rings. The Hall–Kier alpha value is -2.02. The van der Waals surface area contributed by atoms with Gasteiger partial charge in [-0.25, -0.2) is 4.79 Å². The maximum Gasteiger partial charge on any atom is 0.371 e. The molecule has 0 bridgehead atoms. The highest BCUT2D eigenvalue weighted by Gasteiger charge is 2.21. The summed E-state index contributed by atoms with van der Waals surface area (Å²) < 4.78 is 6.20. The van der Waals surface area contributed by atoms with Crippen LogP contribution in [-0.4, -0.2) is 35.1 Å². The van der Waals surface area contributed by atoms with Gasteiger partial charge in [-0.15, -0.1) is 0 Å². The standard InChI is InChI=1S/C21H20BrClN2O3/c22-20-16-11-19(21(26)27)28-18(16)5-4-17(20)24-15-6-8-25(9-7-15)12-13-2-1-3-14(23)10-13/h1-5,10-11,15,24H,6-9,12H2,(H,26,27). The van der Waals surface area contributed by atoms with Gasteiger partial charge in [0.15, 0.2) is 0 Å². The Morgan fingerprint density at radius 2 is 2.04 bits per heavy atom. The fraction of sp³-hybridized carbons (Fsp3) is 0.286. The van der Waals surface area contributed by atoms with E-state index in [1.807, 2.05) is 30.3 Å². The molecule has 2 aromatic carbocycles. The minimum Gasteiger partial charge on any atom is -0.475 e. The molecule has 0 amide bonds. The summed E-state index contributed by atoms with van der Waals surface area (Å²) in [6, 6.07) is 13.7. The van der Waals surface area contributed by atoms with Crippen LogP contribution in [0.25, 0.3) is 11.0 Å². The summed E-state index contributed by atoms with van der Waals surface area (Å²) in [5.41, 5.74) is 2.76. The molecule has 0 radical (unpaired) electrons. The van der Waals surface area contributed by atoms with Gasteiger partial charge < -0.3 is 14.8 Å². The maximum absolute atomic E-state index is 11.1. The highest BCUT2D eigenvalue weighted by Crippen LogP contribution is 2.34. The van der Waals surface area contributed by atoms with Crippen molar-refractivity contribution in [3.63, 3.8) is 0 Å². The average Bonchev–Trinajstić information content (AvgIpc) is 3.11. The third kappa shape index (κ3) is 4.19. The molecule has 1 aliphatic heterocycles. The summed E-state index contributed by atoms with van der Waals surface area (Å²) in [6.07, 6.45) is 2.08. The van der Waals surface area contributed by atoms with E-state index in [9.17, 15) is 4.79 Å². The van der Waals surface area contributed by atoms with Crippen LogP contribution >= 0.6 is 27.5 Å². The van der Waals surface area contributed by atoms with E-state index in [2.05, 4.69) is 32.2 Å². The number of benzene rings is 2. The van der Waals surface area contributed by atoms with Gasteiger partial charge in [0, 0.05) is 47.8 Å². The number of rotatable bonds is 5. The van der Waals surface area contributed by atoms with E-state index in [1.165, 1.54) is 5.56 Å². The van der Waals surface area contributed by atoms with Gasteiger partial charge in [0.2, 0.25) is 5.76 Å². The normalized spacial score (nSPS) is 15.8. The predicted octanol–water partition coefficient (Wildman–Crippen LogP) is 5.62. The minimum atomic E-state index is -1.07. The molecule has 7 heteroatoms. The van der Waals surface area contributed by atoms with Crippen molar-refractivity contribution in [2.45, 2.75) is 25.4 Å². The van der Waals surface area contributed by atoms with Crippen molar-refractivity contribution in [2.75, 3.05) is 18.4 Å². The van der Waals surface area contributed by atoms with Gasteiger partial charge in [0.1, 0.15) is 5.58 Å². The van der Waals surface area contributed by atoms with E-state index in [0.29, 0.717) is 11.6 Å². The quantitative estimate of drug-likeness (QED) is 0.514. The summed E-state index contributed by atoms with van der Waals surface area (Å²) >= 11 is 9.67. The first-order chi connectivity index (χ1) is 13.5. The molecule has 1 aromatic heterocycles. The Labute approximate surface area is 176 Å². The number of carboxylic acids is 1. The van der Waals surface area contributed by atoms with Gasteiger partial charge in [0.25, 0.3) is 0 Å². The molecule has 5 nitrogen and oxygen atoms in total. The minimum absolute atomic E-state index is 0.0535. The number of furan rings is 1. The number of anilines is 1. The largest absolute Gasteiger partial charge is 0.475 e. The Balaban J connectivity index is 1.39. The molecule has 0 spiro atoms. The monoisotopic (exact) mass is 462 g/mol. The molecule has 0 aliphatic carbocycles. The molecule has 1 fully saturated rings. The van der Waals surface area contributed by atoms with Crippen LogP contribution in [0.15, 0.2) is 51.4 Å². The second-order valence-electron chi connectivity index (χ2n) is 7.08. The summed E-state index contributed by atoms with van der Waals surface area (Å²) in [4.78, 5) is 13.6. The summed E-state index contributed by atoms with van der Waals surface area (Å²) in [5, 5.41) is 14.2. The molecular formula is C21H20BrClN2O3. The highest BCUT2D eigenvalue weighted by molar-refractivity contribution is 9.10. The zero-order valence-corrected chi connectivity index (χ0v) is 17.5. The van der Waals surface area contributed by atoms with Crippen LogP contribution in [0.1, 0.15) is 29.0 Å². The van der Waals surface area contributed by atoms with Gasteiger partial charge in [0.05, 0.1) is 4.47 Å². The van der Waals surface area contributed by atoms with Crippen molar-refractivity contribution in [1.29, 1.82) is 0 Å². The van der Waals surface area contributed by atoms with Crippen molar-refractivity contribution in [3.8, 4) is 0 Å². The van der Waals surface area contributed by atoms with Crippen molar-refractivity contribution < 1.29 is 14.3 Å². The Morgan fingerprint density at radius 3 is 2.75 bits per heavy atom. The summed E-state index contributed by atoms with van der Waals surface area (Å²) in [6.45, 7) is 2.94. The number of carbonyl (C=O) groups is 1. The number of nitrogens with one attached hydrogen (secondary N) is 1. The molecule has 2 heterocycles. The van der Waals surface area contributed by atoms with E-state index < -0.39 is 5.97 Å². The molecule has 2 N–H and O–H groups in total. The van der Waals surface area contributed by atoms with Gasteiger partial charge in [-0.2, -0.15) is 0 Å². The molecule has 4 rings (SSSR count). The number of piperidine rings is 1. The maximum atomic E-state index is 11.1. The lowest BCUT2D eigenvalue weighted by Crippen LogP contribution is -2.38. The first kappa shape index (κ1) is 19.3. The SMILES string of the molecule is O=C(O)c1cc2c(Br)c(NC3CCN(Cc4cccc(Cl)c4)CC3)ccc2o1. The zero-order valence-electron chi connectivity index (χ0n) is 15.1. The van der Waals surface area contributed by atoms with Crippen LogP contribution in [0.5, 0.6) is 0 Å². The van der Waals surface area contributed by atoms with Crippen LogP contribution in [0.3, 0.4) is 0 Å². The number of fused-ring (bicyclic) bond motifs is 1. The number of carboxylic acid groups (broad SMARTS) is 1. The number of hydrogen-bond acceptors (Lipinski definition) is 4. The molecule has 3 aromatic rings. The van der Waals surface area contributed by atoms with E-state index >= 15 is 0 Å². The third-order valence-corrected chi connectivity index (χ3v) is 6.18. The van der Waals surface area contributed by atoms with Crippen LogP contribution in [0.2, 0.25) is 5.02 Å². The van der Waals surface area contributed by atoms with E-state index in [1.54, 1.807) is 6.07 Å². The molecule has 0 saturated carbocycles. The van der Waals surface area contributed by atoms with E-state index in [0.717, 1.165) is 53.0 Å². The topological polar surface area (TPSA) is 65.7 Å². The highest BCUT2D eigenvalue weighted by atomic mass is 79.9. The van der Waals surface area contributed by atoms with Gasteiger partial charge in [-0.3, -0.25) is 4.90 Å². The molecule has 146 valence electrons. The van der Waals surface area contributed by atoms with Crippen LogP contribution in [-0.2, 0) is 6.54 Å². The smallest absolute Gasteiger partial charge is 0.371 e.